The summed E-state index contributed by atoms with van der Waals surface area (Å²) in [6.45, 7) is 2.32. The van der Waals surface area contributed by atoms with Gasteiger partial charge in [-0.05, 0) is 13.0 Å². The molecule has 0 unspecified atom stereocenters. The molecule has 7 nitrogen and oxygen atoms in total. The summed E-state index contributed by atoms with van der Waals surface area (Å²) < 4.78 is 4.97. The van der Waals surface area contributed by atoms with E-state index in [1.165, 1.54) is 6.20 Å². The van der Waals surface area contributed by atoms with E-state index in [1.54, 1.807) is 19.2 Å². The van der Waals surface area contributed by atoms with Crippen LogP contribution in [-0.4, -0.2) is 27.6 Å². The molecule has 0 spiro atoms. The number of amides is 1. The van der Waals surface area contributed by atoms with Gasteiger partial charge in [-0.3, -0.25) is 9.78 Å². The molecule has 0 aromatic carbocycles. The zero-order valence-corrected chi connectivity index (χ0v) is 9.88. The monoisotopic (exact) mass is 247 g/mol. The van der Waals surface area contributed by atoms with Gasteiger partial charge >= 0.3 is 0 Å². The summed E-state index contributed by atoms with van der Waals surface area (Å²) in [6.07, 6.45) is 3.59. The molecular weight excluding hydrogens is 234 g/mol. The number of aromatic nitrogens is 3. The molecule has 0 atom stereocenters. The van der Waals surface area contributed by atoms with E-state index in [0.29, 0.717) is 35.9 Å². The van der Waals surface area contributed by atoms with Gasteiger partial charge in [0, 0.05) is 25.4 Å². The topological polar surface area (TPSA) is 107 Å². The number of nitrogens with one attached hydrogen (secondary N) is 1. The van der Waals surface area contributed by atoms with Crippen molar-refractivity contribution in [1.29, 1.82) is 0 Å². The molecule has 0 fully saturated rings. The second-order valence-corrected chi connectivity index (χ2v) is 3.70. The fraction of sp³-hybridized carbons (Fsp3) is 0.273. The van der Waals surface area contributed by atoms with E-state index in [2.05, 4.69) is 20.4 Å². The Morgan fingerprint density at radius 2 is 2.39 bits per heavy atom. The number of hydrogen-bond acceptors (Lipinski definition) is 6. The number of primary amides is 1. The summed E-state index contributed by atoms with van der Waals surface area (Å²) >= 11 is 0. The molecule has 0 bridgehead atoms. The van der Waals surface area contributed by atoms with E-state index in [4.69, 9.17) is 10.3 Å². The smallest absolute Gasteiger partial charge is 0.252 e. The van der Waals surface area contributed by atoms with Gasteiger partial charge in [-0.25, -0.2) is 0 Å². The van der Waals surface area contributed by atoms with Crippen molar-refractivity contribution < 1.29 is 9.32 Å². The van der Waals surface area contributed by atoms with E-state index in [9.17, 15) is 4.79 Å². The van der Waals surface area contributed by atoms with Crippen molar-refractivity contribution in [2.75, 3.05) is 11.9 Å². The lowest BCUT2D eigenvalue weighted by Gasteiger charge is -2.07. The van der Waals surface area contributed by atoms with Crippen LogP contribution in [0.5, 0.6) is 0 Å². The number of aryl methyl sites for hydroxylation is 1. The van der Waals surface area contributed by atoms with Crippen molar-refractivity contribution >= 4 is 11.6 Å². The van der Waals surface area contributed by atoms with Crippen molar-refractivity contribution in [3.63, 3.8) is 0 Å². The van der Waals surface area contributed by atoms with Crippen LogP contribution < -0.4 is 11.1 Å². The van der Waals surface area contributed by atoms with E-state index < -0.39 is 5.91 Å². The molecule has 18 heavy (non-hydrogen) atoms. The van der Waals surface area contributed by atoms with Crippen molar-refractivity contribution in [1.82, 2.24) is 15.1 Å². The van der Waals surface area contributed by atoms with Gasteiger partial charge in [0.25, 0.3) is 5.91 Å². The van der Waals surface area contributed by atoms with Crippen LogP contribution in [-0.2, 0) is 6.42 Å². The second-order valence-electron chi connectivity index (χ2n) is 3.70. The van der Waals surface area contributed by atoms with Gasteiger partial charge in [-0.2, -0.15) is 4.98 Å². The summed E-state index contributed by atoms with van der Waals surface area (Å²) in [6, 6.07) is 1.69. The highest BCUT2D eigenvalue weighted by Gasteiger charge is 2.08. The number of pyridine rings is 1. The zero-order valence-electron chi connectivity index (χ0n) is 9.88. The zero-order chi connectivity index (χ0) is 13.0. The summed E-state index contributed by atoms with van der Waals surface area (Å²) in [4.78, 5) is 19.1. The maximum Gasteiger partial charge on any atom is 0.252 e. The third-order valence-electron chi connectivity index (χ3n) is 2.31. The van der Waals surface area contributed by atoms with Gasteiger partial charge in [-0.15, -0.1) is 0 Å². The summed E-state index contributed by atoms with van der Waals surface area (Å²) in [7, 11) is 0. The third kappa shape index (κ3) is 2.82. The fourth-order valence-corrected chi connectivity index (χ4v) is 1.49. The molecule has 2 aromatic rings. The van der Waals surface area contributed by atoms with Crippen LogP contribution in [0.25, 0.3) is 0 Å². The van der Waals surface area contributed by atoms with Gasteiger partial charge in [0.05, 0.1) is 11.3 Å². The Hall–Kier alpha value is -2.44. The Labute approximate surface area is 103 Å². The number of nitrogens with zero attached hydrogens (tertiary/aromatic N) is 3. The highest BCUT2D eigenvalue weighted by atomic mass is 16.5. The largest absolute Gasteiger partial charge is 0.384 e. The molecule has 94 valence electrons. The van der Waals surface area contributed by atoms with Crippen molar-refractivity contribution in [3.05, 3.63) is 35.7 Å². The second kappa shape index (κ2) is 5.26. The minimum absolute atomic E-state index is 0.360. The van der Waals surface area contributed by atoms with Crippen LogP contribution in [0.15, 0.2) is 23.0 Å². The molecule has 7 heteroatoms. The maximum atomic E-state index is 11.2. The Bertz CT molecular complexity index is 552. The molecule has 0 saturated heterocycles. The predicted molar refractivity (Wildman–Crippen MR) is 64.0 cm³/mol. The van der Waals surface area contributed by atoms with Crippen molar-refractivity contribution in [2.24, 2.45) is 5.73 Å². The lowest BCUT2D eigenvalue weighted by Crippen LogP contribution is -2.15. The van der Waals surface area contributed by atoms with Crippen LogP contribution in [0.3, 0.4) is 0 Å². The van der Waals surface area contributed by atoms with Crippen LogP contribution in [0.2, 0.25) is 0 Å². The SMILES string of the molecule is Cc1noc(CCNc2ccncc2C(N)=O)n1. The third-order valence-corrected chi connectivity index (χ3v) is 2.31. The van der Waals surface area contributed by atoms with Gasteiger partial charge in [0.2, 0.25) is 5.89 Å². The molecule has 2 aromatic heterocycles. The lowest BCUT2D eigenvalue weighted by molar-refractivity contribution is 0.100. The summed E-state index contributed by atoms with van der Waals surface area (Å²) in [5.41, 5.74) is 6.25. The number of rotatable bonds is 5. The van der Waals surface area contributed by atoms with Crippen LogP contribution in [0.1, 0.15) is 22.1 Å². The van der Waals surface area contributed by atoms with Crippen LogP contribution >= 0.6 is 0 Å². The fourth-order valence-electron chi connectivity index (χ4n) is 1.49. The standard InChI is InChI=1S/C11H13N5O2/c1-7-15-10(18-16-7)3-5-14-9-2-4-13-6-8(9)11(12)17/h2,4,6H,3,5H2,1H3,(H2,12,17)(H,13,14). The number of carbonyl (C=O) groups is 1. The average Bonchev–Trinajstić information content (AvgIpc) is 2.75. The maximum absolute atomic E-state index is 11.2. The Kier molecular flexibility index (Phi) is 3.52. The first-order valence-electron chi connectivity index (χ1n) is 5.43. The highest BCUT2D eigenvalue weighted by Crippen LogP contribution is 2.12. The Morgan fingerprint density at radius 1 is 1.56 bits per heavy atom. The van der Waals surface area contributed by atoms with Crippen LogP contribution in [0, 0.1) is 6.92 Å². The lowest BCUT2D eigenvalue weighted by atomic mass is 10.2. The summed E-state index contributed by atoms with van der Waals surface area (Å²) in [5.74, 6) is 0.639. The molecule has 3 N–H and O–H groups in total. The highest BCUT2D eigenvalue weighted by molar-refractivity contribution is 5.98. The number of anilines is 1. The molecule has 0 saturated carbocycles. The first-order valence-corrected chi connectivity index (χ1v) is 5.43. The molecular formula is C11H13N5O2. The summed E-state index contributed by atoms with van der Waals surface area (Å²) in [5, 5.41) is 6.77. The van der Waals surface area contributed by atoms with Gasteiger partial charge in [0.15, 0.2) is 5.82 Å². The van der Waals surface area contributed by atoms with Crippen LogP contribution in [0.4, 0.5) is 5.69 Å². The quantitative estimate of drug-likeness (QED) is 0.797. The van der Waals surface area contributed by atoms with Crippen molar-refractivity contribution in [2.45, 2.75) is 13.3 Å². The van der Waals surface area contributed by atoms with Gasteiger partial charge < -0.3 is 15.6 Å². The molecule has 0 aliphatic carbocycles. The average molecular weight is 247 g/mol. The first-order chi connectivity index (χ1) is 8.66. The molecule has 2 rings (SSSR count). The van der Waals surface area contributed by atoms with E-state index in [0.717, 1.165) is 0 Å². The number of nitrogens with two attached hydrogens (primary N) is 1. The number of carbonyl (C=O) groups excluding carboxylic acids is 1. The molecule has 2 heterocycles. The number of hydrogen-bond donors (Lipinski definition) is 2. The molecule has 0 aliphatic rings. The van der Waals surface area contributed by atoms with E-state index >= 15 is 0 Å². The predicted octanol–water partition coefficient (Wildman–Crippen LogP) is 0.527. The van der Waals surface area contributed by atoms with Gasteiger partial charge in [0.1, 0.15) is 0 Å². The Balaban J connectivity index is 1.96. The van der Waals surface area contributed by atoms with E-state index in [1.807, 2.05) is 0 Å². The minimum atomic E-state index is -0.515. The van der Waals surface area contributed by atoms with Gasteiger partial charge in [-0.1, -0.05) is 5.16 Å². The molecule has 0 radical (unpaired) electrons. The molecule has 1 amide bonds. The normalized spacial score (nSPS) is 10.3. The molecule has 0 aliphatic heterocycles. The Morgan fingerprint density at radius 3 is 3.06 bits per heavy atom. The van der Waals surface area contributed by atoms with E-state index in [-0.39, 0.29) is 0 Å². The van der Waals surface area contributed by atoms with Crippen molar-refractivity contribution in [3.8, 4) is 0 Å². The first kappa shape index (κ1) is 12.0. The minimum Gasteiger partial charge on any atom is -0.384 e.